The van der Waals surface area contributed by atoms with Crippen LogP contribution < -0.4 is 5.73 Å². The highest BCUT2D eigenvalue weighted by molar-refractivity contribution is 6.30. The normalized spacial score (nSPS) is 12.4. The van der Waals surface area contributed by atoms with E-state index < -0.39 is 0 Å². The summed E-state index contributed by atoms with van der Waals surface area (Å²) in [6, 6.07) is 4.69. The number of oxime groups is 1. The summed E-state index contributed by atoms with van der Waals surface area (Å²) in [4.78, 5) is 1.89. The molecular weight excluding hydrogens is 257 g/mol. The molecule has 0 spiro atoms. The number of hydrogen-bond acceptors (Lipinski definition) is 3. The molecule has 0 saturated heterocycles. The van der Waals surface area contributed by atoms with Gasteiger partial charge in [0.15, 0.2) is 5.84 Å². The van der Waals surface area contributed by atoms with Crippen LogP contribution in [0.25, 0.3) is 0 Å². The third kappa shape index (κ3) is 4.16. The summed E-state index contributed by atoms with van der Waals surface area (Å²) in [5.41, 5.74) is 6.00. The molecule has 0 aromatic heterocycles. The lowest BCUT2D eigenvalue weighted by atomic mass is 10.1. The van der Waals surface area contributed by atoms with Gasteiger partial charge in [0, 0.05) is 23.2 Å². The second-order valence-corrected chi connectivity index (χ2v) is 4.76. The maximum Gasteiger partial charge on any atom is 0.153 e. The molecule has 100 valence electrons. The summed E-state index contributed by atoms with van der Waals surface area (Å²) < 4.78 is 13.7. The Morgan fingerprint density at radius 2 is 2.22 bits per heavy atom. The van der Waals surface area contributed by atoms with Gasteiger partial charge in [-0.3, -0.25) is 4.90 Å². The summed E-state index contributed by atoms with van der Waals surface area (Å²) in [5, 5.41) is 11.9. The molecule has 1 aromatic rings. The van der Waals surface area contributed by atoms with Gasteiger partial charge < -0.3 is 10.9 Å². The Hall–Kier alpha value is -1.33. The van der Waals surface area contributed by atoms with Crippen molar-refractivity contribution < 1.29 is 9.60 Å². The predicted molar refractivity (Wildman–Crippen MR) is 70.4 cm³/mol. The number of nitrogens with two attached hydrogens (primary N) is 1. The minimum absolute atomic E-state index is 0.0954. The van der Waals surface area contributed by atoms with E-state index in [4.69, 9.17) is 22.5 Å². The molecule has 0 saturated carbocycles. The fourth-order valence-electron chi connectivity index (χ4n) is 1.53. The summed E-state index contributed by atoms with van der Waals surface area (Å²) >= 11 is 5.70. The number of halogens is 2. The fraction of sp³-hybridized carbons (Fsp3) is 0.417. The van der Waals surface area contributed by atoms with Crippen molar-refractivity contribution in [2.75, 3.05) is 6.54 Å². The maximum atomic E-state index is 13.7. The van der Waals surface area contributed by atoms with E-state index >= 15 is 0 Å². The zero-order chi connectivity index (χ0) is 13.7. The third-order valence-electron chi connectivity index (χ3n) is 2.61. The molecule has 0 aliphatic rings. The Morgan fingerprint density at radius 3 is 2.72 bits per heavy atom. The van der Waals surface area contributed by atoms with Crippen LogP contribution >= 0.6 is 11.6 Å². The van der Waals surface area contributed by atoms with Crippen molar-refractivity contribution in [1.29, 1.82) is 0 Å². The highest BCUT2D eigenvalue weighted by Crippen LogP contribution is 2.17. The molecule has 0 unspecified atom stereocenters. The SMILES string of the molecule is CC(C)N(C/C(N)=N/O)Cc1ccc(Cl)cc1F. The third-order valence-corrected chi connectivity index (χ3v) is 2.85. The first-order valence-corrected chi connectivity index (χ1v) is 5.96. The largest absolute Gasteiger partial charge is 0.409 e. The van der Waals surface area contributed by atoms with E-state index in [0.717, 1.165) is 0 Å². The summed E-state index contributed by atoms with van der Waals surface area (Å²) in [5.74, 6) is -0.259. The molecule has 0 atom stereocenters. The Morgan fingerprint density at radius 1 is 1.56 bits per heavy atom. The van der Waals surface area contributed by atoms with Crippen molar-refractivity contribution in [2.24, 2.45) is 10.9 Å². The van der Waals surface area contributed by atoms with Gasteiger partial charge in [0.2, 0.25) is 0 Å². The van der Waals surface area contributed by atoms with E-state index in [0.29, 0.717) is 17.1 Å². The Bertz CT molecular complexity index is 437. The standard InChI is InChI=1S/C12H17ClFN3O/c1-8(2)17(7-12(15)16-18)6-9-3-4-10(13)5-11(9)14/h3-5,8,18H,6-7H2,1-2H3,(H2,15,16). The number of nitrogens with zero attached hydrogens (tertiary/aromatic N) is 2. The first kappa shape index (κ1) is 14.7. The van der Waals surface area contributed by atoms with Gasteiger partial charge in [0.05, 0.1) is 6.54 Å². The van der Waals surface area contributed by atoms with Gasteiger partial charge in [-0.05, 0) is 26.0 Å². The molecule has 3 N–H and O–H groups in total. The lowest BCUT2D eigenvalue weighted by molar-refractivity contribution is 0.235. The quantitative estimate of drug-likeness (QED) is 0.375. The van der Waals surface area contributed by atoms with Crippen LogP contribution in [0.5, 0.6) is 0 Å². The van der Waals surface area contributed by atoms with Gasteiger partial charge in [-0.1, -0.05) is 22.8 Å². The molecule has 0 aliphatic carbocycles. The Balaban J connectivity index is 2.83. The van der Waals surface area contributed by atoms with Gasteiger partial charge in [0.1, 0.15) is 5.82 Å². The van der Waals surface area contributed by atoms with Gasteiger partial charge in [-0.25, -0.2) is 4.39 Å². The highest BCUT2D eigenvalue weighted by Gasteiger charge is 2.14. The van der Waals surface area contributed by atoms with E-state index in [1.165, 1.54) is 6.07 Å². The van der Waals surface area contributed by atoms with Crippen LogP contribution in [0.15, 0.2) is 23.4 Å². The molecular formula is C12H17ClFN3O. The molecule has 6 heteroatoms. The minimum Gasteiger partial charge on any atom is -0.409 e. The van der Waals surface area contributed by atoms with E-state index in [9.17, 15) is 4.39 Å². The highest BCUT2D eigenvalue weighted by atomic mass is 35.5. The molecule has 0 aliphatic heterocycles. The molecule has 4 nitrogen and oxygen atoms in total. The van der Waals surface area contributed by atoms with E-state index in [2.05, 4.69) is 5.16 Å². The van der Waals surface area contributed by atoms with Crippen molar-refractivity contribution in [3.63, 3.8) is 0 Å². The van der Waals surface area contributed by atoms with Crippen LogP contribution in [-0.4, -0.2) is 28.5 Å². The van der Waals surface area contributed by atoms with E-state index in [-0.39, 0.29) is 24.2 Å². The smallest absolute Gasteiger partial charge is 0.153 e. The molecule has 1 rings (SSSR count). The first-order valence-electron chi connectivity index (χ1n) is 5.58. The van der Waals surface area contributed by atoms with Crippen molar-refractivity contribution in [3.8, 4) is 0 Å². The zero-order valence-electron chi connectivity index (χ0n) is 10.4. The monoisotopic (exact) mass is 273 g/mol. The van der Waals surface area contributed by atoms with Crippen LogP contribution in [0.3, 0.4) is 0 Å². The van der Waals surface area contributed by atoms with Crippen LogP contribution in [0.1, 0.15) is 19.4 Å². The zero-order valence-corrected chi connectivity index (χ0v) is 11.2. The number of rotatable bonds is 5. The average molecular weight is 274 g/mol. The molecule has 1 aromatic carbocycles. The second-order valence-electron chi connectivity index (χ2n) is 4.33. The molecule has 0 heterocycles. The lowest BCUT2D eigenvalue weighted by Gasteiger charge is -2.25. The van der Waals surface area contributed by atoms with Gasteiger partial charge >= 0.3 is 0 Å². The summed E-state index contributed by atoms with van der Waals surface area (Å²) in [7, 11) is 0. The van der Waals surface area contributed by atoms with Crippen molar-refractivity contribution in [1.82, 2.24) is 4.90 Å². The van der Waals surface area contributed by atoms with Crippen molar-refractivity contribution in [2.45, 2.75) is 26.4 Å². The number of amidine groups is 1. The minimum atomic E-state index is -0.354. The first-order chi connectivity index (χ1) is 8.43. The van der Waals surface area contributed by atoms with Crippen LogP contribution in [-0.2, 0) is 6.54 Å². The number of benzene rings is 1. The topological polar surface area (TPSA) is 61.8 Å². The van der Waals surface area contributed by atoms with Crippen LogP contribution in [0.2, 0.25) is 5.02 Å². The molecule has 0 amide bonds. The van der Waals surface area contributed by atoms with Crippen molar-refractivity contribution in [3.05, 3.63) is 34.6 Å². The van der Waals surface area contributed by atoms with Gasteiger partial charge in [-0.15, -0.1) is 0 Å². The Labute approximate surface area is 111 Å². The lowest BCUT2D eigenvalue weighted by Crippen LogP contribution is -2.38. The molecule has 0 fully saturated rings. The predicted octanol–water partition coefficient (Wildman–Crippen LogP) is 2.44. The molecule has 0 radical (unpaired) electrons. The second kappa shape index (κ2) is 6.56. The average Bonchev–Trinajstić information content (AvgIpc) is 2.30. The van der Waals surface area contributed by atoms with Crippen molar-refractivity contribution >= 4 is 17.4 Å². The summed E-state index contributed by atoms with van der Waals surface area (Å²) in [6.07, 6.45) is 0. The summed E-state index contributed by atoms with van der Waals surface area (Å²) in [6.45, 7) is 4.56. The van der Waals surface area contributed by atoms with E-state index in [1.807, 2.05) is 18.7 Å². The van der Waals surface area contributed by atoms with Crippen LogP contribution in [0, 0.1) is 5.82 Å². The fourth-order valence-corrected chi connectivity index (χ4v) is 1.69. The Kier molecular flexibility index (Phi) is 5.37. The maximum absolute atomic E-state index is 13.7. The van der Waals surface area contributed by atoms with Gasteiger partial charge in [-0.2, -0.15) is 0 Å². The van der Waals surface area contributed by atoms with E-state index in [1.54, 1.807) is 12.1 Å². The number of hydrogen-bond donors (Lipinski definition) is 2. The molecule has 0 bridgehead atoms. The van der Waals surface area contributed by atoms with Crippen LogP contribution in [0.4, 0.5) is 4.39 Å². The van der Waals surface area contributed by atoms with Gasteiger partial charge in [0.25, 0.3) is 0 Å². The molecule has 18 heavy (non-hydrogen) atoms.